The van der Waals surface area contributed by atoms with Gasteiger partial charge in [0, 0.05) is 93.2 Å². The number of hydrogen-bond donors (Lipinski definition) is 1. The second-order valence-corrected chi connectivity index (χ2v) is 12.6. The number of carbonyl (C=O) groups excluding carboxylic acids is 1. The topological polar surface area (TPSA) is 126 Å². The van der Waals surface area contributed by atoms with Crippen molar-refractivity contribution in [1.82, 2.24) is 39.3 Å². The predicted molar refractivity (Wildman–Crippen MR) is 168 cm³/mol. The first-order valence-electron chi connectivity index (χ1n) is 16.0. The van der Waals surface area contributed by atoms with Gasteiger partial charge in [-0.2, -0.15) is 10.2 Å². The molecule has 0 bridgehead atoms. The van der Waals surface area contributed by atoms with Crippen LogP contribution in [0.4, 0.5) is 20.3 Å². The first-order valence-corrected chi connectivity index (χ1v) is 16.0. The van der Waals surface area contributed by atoms with E-state index in [9.17, 15) is 18.4 Å². The van der Waals surface area contributed by atoms with Crippen molar-refractivity contribution in [3.8, 4) is 11.1 Å². The van der Waals surface area contributed by atoms with Gasteiger partial charge in [0.25, 0.3) is 6.43 Å². The van der Waals surface area contributed by atoms with Crippen LogP contribution in [-0.2, 0) is 37.8 Å². The van der Waals surface area contributed by atoms with Gasteiger partial charge in [0.15, 0.2) is 5.82 Å². The fourth-order valence-electron chi connectivity index (χ4n) is 7.14. The predicted octanol–water partition coefficient (Wildman–Crippen LogP) is 4.54. The lowest BCUT2D eigenvalue weighted by Crippen LogP contribution is -2.37. The first kappa shape index (κ1) is 30.9. The summed E-state index contributed by atoms with van der Waals surface area (Å²) in [6.45, 7) is 5.37. The quantitative estimate of drug-likeness (QED) is 0.309. The van der Waals surface area contributed by atoms with Crippen molar-refractivity contribution in [2.24, 2.45) is 7.05 Å². The van der Waals surface area contributed by atoms with E-state index in [1.54, 1.807) is 37.1 Å². The molecule has 1 amide bonds. The molecule has 0 radical (unpaired) electrons. The van der Waals surface area contributed by atoms with Crippen molar-refractivity contribution in [2.75, 3.05) is 31.1 Å². The zero-order chi connectivity index (χ0) is 32.8. The number of hydrogen-bond acceptors (Lipinski definition) is 8. The number of aromatic carboxylic acids is 1. The van der Waals surface area contributed by atoms with Crippen molar-refractivity contribution in [1.29, 1.82) is 0 Å². The Bertz CT molecular complexity index is 1810. The van der Waals surface area contributed by atoms with Crippen LogP contribution in [0, 0.1) is 0 Å². The summed E-state index contributed by atoms with van der Waals surface area (Å²) in [4.78, 5) is 38.3. The van der Waals surface area contributed by atoms with E-state index in [0.29, 0.717) is 49.6 Å². The molecule has 12 nitrogen and oxygen atoms in total. The van der Waals surface area contributed by atoms with Gasteiger partial charge in [0.2, 0.25) is 5.91 Å². The Morgan fingerprint density at radius 1 is 1.04 bits per heavy atom. The van der Waals surface area contributed by atoms with Gasteiger partial charge in [-0.05, 0) is 48.9 Å². The molecule has 7 rings (SSSR count). The van der Waals surface area contributed by atoms with E-state index in [4.69, 9.17) is 10.2 Å². The first-order chi connectivity index (χ1) is 22.7. The number of benzene rings is 1. The highest BCUT2D eigenvalue weighted by atomic mass is 19.3. The third-order valence-electron chi connectivity index (χ3n) is 9.61. The summed E-state index contributed by atoms with van der Waals surface area (Å²) in [7, 11) is 1.77. The zero-order valence-corrected chi connectivity index (χ0v) is 26.4. The van der Waals surface area contributed by atoms with Gasteiger partial charge in [0.1, 0.15) is 5.82 Å². The van der Waals surface area contributed by atoms with Crippen molar-refractivity contribution >= 4 is 23.4 Å². The average molecular weight is 646 g/mol. The van der Waals surface area contributed by atoms with Crippen LogP contribution in [-0.4, -0.2) is 82.5 Å². The Labute approximate surface area is 270 Å². The molecule has 1 N–H and O–H groups in total. The Morgan fingerprint density at radius 3 is 2.47 bits per heavy atom. The van der Waals surface area contributed by atoms with Gasteiger partial charge in [-0.25, -0.2) is 23.5 Å². The maximum Gasteiger partial charge on any atom is 0.338 e. The Balaban J connectivity index is 1.19. The summed E-state index contributed by atoms with van der Waals surface area (Å²) in [5.74, 6) is 0.273. The number of amides is 1. The number of aromatic nitrogens is 6. The van der Waals surface area contributed by atoms with Gasteiger partial charge in [-0.15, -0.1) is 0 Å². The lowest BCUT2D eigenvalue weighted by Gasteiger charge is -2.33. The highest BCUT2D eigenvalue weighted by molar-refractivity contribution is 5.86. The van der Waals surface area contributed by atoms with E-state index in [2.05, 4.69) is 29.5 Å². The highest BCUT2D eigenvalue weighted by Gasteiger charge is 2.34. The number of aryl methyl sites for hydroxylation is 2. The highest BCUT2D eigenvalue weighted by Crippen LogP contribution is 2.43. The smallest absolute Gasteiger partial charge is 0.338 e. The van der Waals surface area contributed by atoms with Crippen molar-refractivity contribution in [2.45, 2.75) is 64.6 Å². The molecule has 0 aliphatic carbocycles. The third-order valence-corrected chi connectivity index (χ3v) is 9.61. The molecule has 246 valence electrons. The number of carboxylic acid groups (broad SMARTS) is 1. The van der Waals surface area contributed by atoms with Gasteiger partial charge < -0.3 is 14.9 Å². The van der Waals surface area contributed by atoms with Gasteiger partial charge in [-0.3, -0.25) is 19.1 Å². The second kappa shape index (κ2) is 12.5. The van der Waals surface area contributed by atoms with E-state index < -0.39 is 12.4 Å². The average Bonchev–Trinajstić information content (AvgIpc) is 3.67. The number of carboxylic acids is 1. The molecule has 3 aliphatic heterocycles. The lowest BCUT2D eigenvalue weighted by molar-refractivity contribution is -0.129. The minimum absolute atomic E-state index is 0.00130. The van der Waals surface area contributed by atoms with Crippen LogP contribution in [0.1, 0.15) is 77.2 Å². The molecule has 0 spiro atoms. The standard InChI is InChI=1S/C33H37F2N9O3/c1-20(45)42-11-7-28-27(18-42)32(39-44(28)24-5-9-41(10-6-24)19-30-36-14-22(15-37-30)33(46)47)43-8-3-4-21-12-25(23-16-38-40(2)17-23)26(31(34)35)13-29(21)43/h12-17,24,31H,3-11,18-19H2,1-2H3,(H,46,47). The monoisotopic (exact) mass is 645 g/mol. The van der Waals surface area contributed by atoms with Crippen LogP contribution in [0.25, 0.3) is 11.1 Å². The Morgan fingerprint density at radius 2 is 1.81 bits per heavy atom. The van der Waals surface area contributed by atoms with Gasteiger partial charge in [-0.1, -0.05) is 0 Å². The van der Waals surface area contributed by atoms with Gasteiger partial charge in [0.05, 0.1) is 30.9 Å². The van der Waals surface area contributed by atoms with E-state index in [1.807, 2.05) is 11.0 Å². The molecule has 1 fully saturated rings. The molecular weight excluding hydrogens is 608 g/mol. The molecule has 0 saturated carbocycles. The molecule has 1 aromatic carbocycles. The number of piperidine rings is 1. The third kappa shape index (κ3) is 5.97. The summed E-state index contributed by atoms with van der Waals surface area (Å²) in [6.07, 6.45) is 7.37. The summed E-state index contributed by atoms with van der Waals surface area (Å²) in [6, 6.07) is 3.66. The van der Waals surface area contributed by atoms with Crippen LogP contribution >= 0.6 is 0 Å². The van der Waals surface area contributed by atoms with E-state index in [-0.39, 0.29) is 23.1 Å². The number of alkyl halides is 2. The zero-order valence-electron chi connectivity index (χ0n) is 26.4. The van der Waals surface area contributed by atoms with Crippen molar-refractivity contribution < 1.29 is 23.5 Å². The van der Waals surface area contributed by atoms with E-state index >= 15 is 0 Å². The fraction of sp³-hybridized carbons (Fsp3) is 0.455. The molecule has 14 heteroatoms. The molecule has 47 heavy (non-hydrogen) atoms. The van der Waals surface area contributed by atoms with E-state index in [0.717, 1.165) is 67.1 Å². The number of fused-ring (bicyclic) bond motifs is 2. The van der Waals surface area contributed by atoms with Crippen molar-refractivity contribution in [3.05, 3.63) is 70.7 Å². The van der Waals surface area contributed by atoms with Crippen molar-refractivity contribution in [3.63, 3.8) is 0 Å². The Hall–Kier alpha value is -4.72. The maximum atomic E-state index is 14.6. The number of nitrogens with zero attached hydrogens (tertiary/aromatic N) is 9. The molecule has 6 heterocycles. The summed E-state index contributed by atoms with van der Waals surface area (Å²) in [5, 5.41) is 18.6. The van der Waals surface area contributed by atoms with Crippen LogP contribution in [0.5, 0.6) is 0 Å². The fourth-order valence-corrected chi connectivity index (χ4v) is 7.14. The normalized spacial score (nSPS) is 17.2. The number of rotatable bonds is 7. The SMILES string of the molecule is CC(=O)N1CCc2c(c(N3CCCc4cc(-c5cnn(C)c5)c(C(F)F)cc43)nn2C2CCN(Cc3ncc(C(=O)O)cn3)CC2)C1. The van der Waals surface area contributed by atoms with Crippen LogP contribution in [0.15, 0.2) is 36.9 Å². The van der Waals surface area contributed by atoms with E-state index in [1.165, 1.54) is 12.4 Å². The number of anilines is 2. The molecule has 3 aromatic heterocycles. The summed E-state index contributed by atoms with van der Waals surface area (Å²) in [5.41, 5.74) is 5.03. The van der Waals surface area contributed by atoms with Crippen LogP contribution < -0.4 is 4.90 Å². The van der Waals surface area contributed by atoms with Gasteiger partial charge >= 0.3 is 5.97 Å². The van der Waals surface area contributed by atoms with Crippen LogP contribution in [0.2, 0.25) is 0 Å². The molecule has 3 aliphatic rings. The minimum atomic E-state index is -2.66. The molecule has 0 atom stereocenters. The molecule has 4 aromatic rings. The summed E-state index contributed by atoms with van der Waals surface area (Å²) >= 11 is 0. The second-order valence-electron chi connectivity index (χ2n) is 12.6. The lowest BCUT2D eigenvalue weighted by atomic mass is 9.92. The number of likely N-dealkylation sites (tertiary alicyclic amines) is 1. The summed E-state index contributed by atoms with van der Waals surface area (Å²) < 4.78 is 32.9. The number of carbonyl (C=O) groups is 2. The largest absolute Gasteiger partial charge is 0.478 e. The Kier molecular flexibility index (Phi) is 8.20. The molecule has 0 unspecified atom stereocenters. The molecular formula is C33H37F2N9O3. The number of halogens is 2. The van der Waals surface area contributed by atoms with Crippen LogP contribution in [0.3, 0.4) is 0 Å². The maximum absolute atomic E-state index is 14.6. The molecule has 1 saturated heterocycles. The minimum Gasteiger partial charge on any atom is -0.478 e.